The van der Waals surface area contributed by atoms with Crippen LogP contribution < -0.4 is 5.32 Å². The molecule has 1 unspecified atom stereocenters. The predicted octanol–water partition coefficient (Wildman–Crippen LogP) is 3.11. The van der Waals surface area contributed by atoms with Crippen LogP contribution in [0.3, 0.4) is 0 Å². The van der Waals surface area contributed by atoms with Crippen LogP contribution in [0.4, 0.5) is 0 Å². The first-order valence-electron chi connectivity index (χ1n) is 5.57. The highest BCUT2D eigenvalue weighted by atomic mass is 35.5. The van der Waals surface area contributed by atoms with Crippen molar-refractivity contribution >= 4 is 17.5 Å². The van der Waals surface area contributed by atoms with Crippen LogP contribution in [0, 0.1) is 0 Å². The summed E-state index contributed by atoms with van der Waals surface area (Å²) >= 11 is 6.00. The molecule has 16 heavy (non-hydrogen) atoms. The van der Waals surface area contributed by atoms with Gasteiger partial charge in [0.05, 0.1) is 10.9 Å². The summed E-state index contributed by atoms with van der Waals surface area (Å²) in [5.74, 6) is 0.0345. The number of benzene rings is 1. The predicted molar refractivity (Wildman–Crippen MR) is 65.4 cm³/mol. The van der Waals surface area contributed by atoms with Gasteiger partial charge in [-0.25, -0.2) is 0 Å². The molecule has 0 saturated heterocycles. The summed E-state index contributed by atoms with van der Waals surface area (Å²) in [5.41, 5.74) is 2.20. The summed E-state index contributed by atoms with van der Waals surface area (Å²) in [6.45, 7) is 3.52. The van der Waals surface area contributed by atoms with E-state index in [1.807, 2.05) is 19.1 Å². The van der Waals surface area contributed by atoms with Crippen molar-refractivity contribution in [2.24, 2.45) is 0 Å². The SMILES string of the molecule is CC(=O)NC1(c2ccc(C(C)Cl)cc2)CC1. The van der Waals surface area contributed by atoms with Gasteiger partial charge in [0, 0.05) is 6.92 Å². The van der Waals surface area contributed by atoms with Crippen molar-refractivity contribution in [3.63, 3.8) is 0 Å². The highest BCUT2D eigenvalue weighted by Gasteiger charge is 2.44. The van der Waals surface area contributed by atoms with E-state index in [-0.39, 0.29) is 16.8 Å². The average Bonchev–Trinajstić information content (AvgIpc) is 2.98. The highest BCUT2D eigenvalue weighted by molar-refractivity contribution is 6.20. The molecule has 1 aliphatic carbocycles. The second kappa shape index (κ2) is 4.10. The summed E-state index contributed by atoms with van der Waals surface area (Å²) in [5, 5.41) is 3.06. The molecule has 0 spiro atoms. The lowest BCUT2D eigenvalue weighted by atomic mass is 10.0. The number of hydrogen-bond donors (Lipinski definition) is 1. The Labute approximate surface area is 101 Å². The summed E-state index contributed by atoms with van der Waals surface area (Å²) in [6.07, 6.45) is 2.06. The second-order valence-electron chi connectivity index (χ2n) is 4.50. The molecule has 1 saturated carbocycles. The van der Waals surface area contributed by atoms with Gasteiger partial charge in [-0.3, -0.25) is 4.79 Å². The van der Waals surface area contributed by atoms with Crippen LogP contribution in [-0.4, -0.2) is 5.91 Å². The normalized spacial score (nSPS) is 18.9. The van der Waals surface area contributed by atoms with Crippen molar-refractivity contribution < 1.29 is 4.79 Å². The zero-order valence-electron chi connectivity index (χ0n) is 9.59. The van der Waals surface area contributed by atoms with Crippen molar-refractivity contribution in [2.45, 2.75) is 37.6 Å². The third kappa shape index (κ3) is 2.22. The van der Waals surface area contributed by atoms with Crippen LogP contribution in [-0.2, 0) is 10.3 Å². The first-order chi connectivity index (χ1) is 7.53. The molecular formula is C13H16ClNO. The summed E-state index contributed by atoms with van der Waals surface area (Å²) in [4.78, 5) is 11.1. The van der Waals surface area contributed by atoms with Crippen LogP contribution in [0.25, 0.3) is 0 Å². The van der Waals surface area contributed by atoms with E-state index < -0.39 is 0 Å². The fourth-order valence-electron chi connectivity index (χ4n) is 2.02. The van der Waals surface area contributed by atoms with Gasteiger partial charge < -0.3 is 5.32 Å². The summed E-state index contributed by atoms with van der Waals surface area (Å²) < 4.78 is 0. The molecule has 1 fully saturated rings. The molecule has 3 heteroatoms. The van der Waals surface area contributed by atoms with E-state index in [9.17, 15) is 4.79 Å². The van der Waals surface area contributed by atoms with Gasteiger partial charge in [0.1, 0.15) is 0 Å². The van der Waals surface area contributed by atoms with Gasteiger partial charge in [-0.2, -0.15) is 0 Å². The van der Waals surface area contributed by atoms with E-state index >= 15 is 0 Å². The van der Waals surface area contributed by atoms with E-state index in [4.69, 9.17) is 11.6 Å². The van der Waals surface area contributed by atoms with Gasteiger partial charge in [0.25, 0.3) is 0 Å². The number of alkyl halides is 1. The molecule has 1 N–H and O–H groups in total. The fraction of sp³-hybridized carbons (Fsp3) is 0.462. The Kier molecular flexibility index (Phi) is 2.94. The Bertz CT molecular complexity index is 393. The van der Waals surface area contributed by atoms with Crippen molar-refractivity contribution in [2.75, 3.05) is 0 Å². The van der Waals surface area contributed by atoms with E-state index in [2.05, 4.69) is 17.4 Å². The van der Waals surface area contributed by atoms with Gasteiger partial charge in [-0.05, 0) is 30.9 Å². The Balaban J connectivity index is 2.19. The number of nitrogens with one attached hydrogen (secondary N) is 1. The van der Waals surface area contributed by atoms with Gasteiger partial charge in [-0.15, -0.1) is 11.6 Å². The van der Waals surface area contributed by atoms with E-state index in [0.29, 0.717) is 0 Å². The zero-order valence-corrected chi connectivity index (χ0v) is 10.3. The molecule has 1 aromatic carbocycles. The quantitative estimate of drug-likeness (QED) is 0.805. The first-order valence-corrected chi connectivity index (χ1v) is 6.00. The zero-order chi connectivity index (χ0) is 11.8. The lowest BCUT2D eigenvalue weighted by molar-refractivity contribution is -0.120. The Morgan fingerprint density at radius 3 is 2.31 bits per heavy atom. The van der Waals surface area contributed by atoms with E-state index in [1.54, 1.807) is 6.92 Å². The van der Waals surface area contributed by atoms with Gasteiger partial charge in [-0.1, -0.05) is 24.3 Å². The van der Waals surface area contributed by atoms with Crippen LogP contribution in [0.1, 0.15) is 43.2 Å². The van der Waals surface area contributed by atoms with E-state index in [0.717, 1.165) is 18.4 Å². The standard InChI is InChI=1S/C13H16ClNO/c1-9(14)11-3-5-12(6-4-11)13(7-8-13)15-10(2)16/h3-6,9H,7-8H2,1-2H3,(H,15,16). The maximum Gasteiger partial charge on any atom is 0.217 e. The molecule has 1 amide bonds. The third-order valence-corrected chi connectivity index (χ3v) is 3.34. The third-order valence-electron chi connectivity index (χ3n) is 3.09. The minimum Gasteiger partial charge on any atom is -0.347 e. The van der Waals surface area contributed by atoms with Gasteiger partial charge in [0.2, 0.25) is 5.91 Å². The molecule has 1 atom stereocenters. The van der Waals surface area contributed by atoms with Crippen LogP contribution >= 0.6 is 11.6 Å². The molecule has 0 heterocycles. The molecule has 0 aliphatic heterocycles. The van der Waals surface area contributed by atoms with Crippen molar-refractivity contribution in [1.29, 1.82) is 0 Å². The van der Waals surface area contributed by atoms with E-state index in [1.165, 1.54) is 5.56 Å². The number of carbonyl (C=O) groups is 1. The highest BCUT2D eigenvalue weighted by Crippen LogP contribution is 2.45. The molecule has 2 rings (SSSR count). The molecule has 1 aliphatic rings. The number of hydrogen-bond acceptors (Lipinski definition) is 1. The summed E-state index contributed by atoms with van der Waals surface area (Å²) in [6, 6.07) is 8.21. The first kappa shape index (κ1) is 11.5. The number of halogens is 1. The lowest BCUT2D eigenvalue weighted by Gasteiger charge is -2.17. The Morgan fingerprint density at radius 1 is 1.38 bits per heavy atom. The number of rotatable bonds is 3. The van der Waals surface area contributed by atoms with Crippen LogP contribution in [0.5, 0.6) is 0 Å². The molecule has 2 nitrogen and oxygen atoms in total. The largest absolute Gasteiger partial charge is 0.347 e. The average molecular weight is 238 g/mol. The molecule has 1 aromatic rings. The topological polar surface area (TPSA) is 29.1 Å². The monoisotopic (exact) mass is 237 g/mol. The Morgan fingerprint density at radius 2 is 1.94 bits per heavy atom. The maximum absolute atomic E-state index is 11.1. The maximum atomic E-state index is 11.1. The summed E-state index contributed by atoms with van der Waals surface area (Å²) in [7, 11) is 0. The molecule has 86 valence electrons. The van der Waals surface area contributed by atoms with Gasteiger partial charge >= 0.3 is 0 Å². The van der Waals surface area contributed by atoms with Crippen molar-refractivity contribution in [1.82, 2.24) is 5.32 Å². The molecule has 0 aromatic heterocycles. The van der Waals surface area contributed by atoms with Crippen molar-refractivity contribution in [3.8, 4) is 0 Å². The molecule has 0 radical (unpaired) electrons. The molecule has 0 bridgehead atoms. The number of amides is 1. The lowest BCUT2D eigenvalue weighted by Crippen LogP contribution is -2.32. The number of carbonyl (C=O) groups excluding carboxylic acids is 1. The molecular weight excluding hydrogens is 222 g/mol. The fourth-order valence-corrected chi connectivity index (χ4v) is 2.16. The van der Waals surface area contributed by atoms with Crippen molar-refractivity contribution in [3.05, 3.63) is 35.4 Å². The Hall–Kier alpha value is -1.02. The minimum absolute atomic E-state index is 0.0324. The second-order valence-corrected chi connectivity index (χ2v) is 5.16. The van der Waals surface area contributed by atoms with Crippen LogP contribution in [0.15, 0.2) is 24.3 Å². The van der Waals surface area contributed by atoms with Crippen LogP contribution in [0.2, 0.25) is 0 Å². The van der Waals surface area contributed by atoms with Gasteiger partial charge in [0.15, 0.2) is 0 Å². The smallest absolute Gasteiger partial charge is 0.217 e. The minimum atomic E-state index is -0.0973.